The van der Waals surface area contributed by atoms with Crippen LogP contribution in [0.3, 0.4) is 0 Å². The summed E-state index contributed by atoms with van der Waals surface area (Å²) in [6.45, 7) is 1.25. The molecule has 0 aromatic carbocycles. The summed E-state index contributed by atoms with van der Waals surface area (Å²) in [5, 5.41) is 8.70. The number of aromatic nitrogens is 4. The second-order valence-corrected chi connectivity index (χ2v) is 6.16. The summed E-state index contributed by atoms with van der Waals surface area (Å²) in [7, 11) is 4.93. The van der Waals surface area contributed by atoms with Crippen LogP contribution in [0.25, 0.3) is 16.6 Å². The third kappa shape index (κ3) is 2.50. The summed E-state index contributed by atoms with van der Waals surface area (Å²) in [5.41, 5.74) is 4.00. The molecule has 0 bridgehead atoms. The molecule has 4 heterocycles. The molecular weight excluding hydrogens is 322 g/mol. The lowest BCUT2D eigenvalue weighted by Crippen LogP contribution is -2.48. The summed E-state index contributed by atoms with van der Waals surface area (Å²) in [5.74, 6) is 0.986. The van der Waals surface area contributed by atoms with Gasteiger partial charge in [-0.3, -0.25) is 4.68 Å². The van der Waals surface area contributed by atoms with E-state index in [0.717, 1.165) is 28.0 Å². The van der Waals surface area contributed by atoms with Gasteiger partial charge in [0.15, 0.2) is 0 Å². The Morgan fingerprint density at radius 3 is 2.60 bits per heavy atom. The van der Waals surface area contributed by atoms with E-state index in [1.807, 2.05) is 42.4 Å². The summed E-state index contributed by atoms with van der Waals surface area (Å²) in [6, 6.07) is 1.99. The van der Waals surface area contributed by atoms with E-state index in [1.165, 1.54) is 7.11 Å². The summed E-state index contributed by atoms with van der Waals surface area (Å²) >= 11 is 0. The predicted molar refractivity (Wildman–Crippen MR) is 90.7 cm³/mol. The molecular formula is C17H19N5O3. The maximum atomic E-state index is 11.5. The first-order valence-corrected chi connectivity index (χ1v) is 7.98. The maximum Gasteiger partial charge on any atom is 0.409 e. The Bertz CT molecular complexity index is 939. The smallest absolute Gasteiger partial charge is 0.409 e. The van der Waals surface area contributed by atoms with Gasteiger partial charge in [0.2, 0.25) is 0 Å². The van der Waals surface area contributed by atoms with Crippen LogP contribution in [0.4, 0.5) is 4.79 Å². The van der Waals surface area contributed by atoms with Crippen LogP contribution < -0.4 is 4.74 Å². The van der Waals surface area contributed by atoms with Gasteiger partial charge in [-0.25, -0.2) is 9.31 Å². The highest BCUT2D eigenvalue weighted by Crippen LogP contribution is 2.36. The van der Waals surface area contributed by atoms with E-state index in [4.69, 9.17) is 9.47 Å². The number of fused-ring (bicyclic) bond motifs is 1. The van der Waals surface area contributed by atoms with Gasteiger partial charge in [-0.15, -0.1) is 0 Å². The fourth-order valence-electron chi connectivity index (χ4n) is 3.24. The fourth-order valence-corrected chi connectivity index (χ4v) is 3.24. The number of carbonyl (C=O) groups is 1. The lowest BCUT2D eigenvalue weighted by atomic mass is 9.92. The van der Waals surface area contributed by atoms with Crippen LogP contribution in [0.5, 0.6) is 5.75 Å². The number of ether oxygens (including phenoxy) is 2. The van der Waals surface area contributed by atoms with Gasteiger partial charge in [0.25, 0.3) is 0 Å². The molecule has 1 fully saturated rings. The van der Waals surface area contributed by atoms with E-state index in [9.17, 15) is 4.79 Å². The number of hydrogen-bond acceptors (Lipinski definition) is 5. The zero-order valence-corrected chi connectivity index (χ0v) is 14.3. The third-order valence-corrected chi connectivity index (χ3v) is 4.62. The van der Waals surface area contributed by atoms with Gasteiger partial charge in [-0.05, 0) is 6.07 Å². The molecule has 25 heavy (non-hydrogen) atoms. The molecule has 130 valence electrons. The number of methoxy groups -OCH3 is 2. The normalized spacial score (nSPS) is 14.6. The van der Waals surface area contributed by atoms with Crippen LogP contribution >= 0.6 is 0 Å². The summed E-state index contributed by atoms with van der Waals surface area (Å²) in [6.07, 6.45) is 7.29. The Hall–Kier alpha value is -3.03. The van der Waals surface area contributed by atoms with E-state index in [2.05, 4.69) is 10.2 Å². The van der Waals surface area contributed by atoms with Gasteiger partial charge in [0.1, 0.15) is 11.3 Å². The van der Waals surface area contributed by atoms with Crippen molar-refractivity contribution >= 4 is 11.6 Å². The monoisotopic (exact) mass is 341 g/mol. The Balaban J connectivity index is 1.70. The predicted octanol–water partition coefficient (Wildman–Crippen LogP) is 1.91. The maximum absolute atomic E-state index is 11.5. The second-order valence-electron chi connectivity index (χ2n) is 6.16. The van der Waals surface area contributed by atoms with Crippen LogP contribution in [0.15, 0.2) is 30.9 Å². The zero-order chi connectivity index (χ0) is 17.6. The number of nitrogens with zero attached hydrogens (tertiary/aromatic N) is 5. The molecule has 0 radical (unpaired) electrons. The first-order chi connectivity index (χ1) is 12.1. The number of aryl methyl sites for hydroxylation is 1. The number of pyridine rings is 1. The van der Waals surface area contributed by atoms with Gasteiger partial charge >= 0.3 is 6.09 Å². The number of hydrogen-bond donors (Lipinski definition) is 0. The Labute approximate surface area is 144 Å². The van der Waals surface area contributed by atoms with Crippen LogP contribution in [-0.2, 0) is 11.8 Å². The van der Waals surface area contributed by atoms with E-state index >= 15 is 0 Å². The van der Waals surface area contributed by atoms with E-state index in [0.29, 0.717) is 13.1 Å². The number of likely N-dealkylation sites (tertiary alicyclic amines) is 1. The fraction of sp³-hybridized carbons (Fsp3) is 0.353. The molecule has 8 nitrogen and oxygen atoms in total. The van der Waals surface area contributed by atoms with Crippen LogP contribution in [0, 0.1) is 0 Å². The van der Waals surface area contributed by atoms with Crippen molar-refractivity contribution in [1.82, 2.24) is 24.3 Å². The minimum absolute atomic E-state index is 0.231. The zero-order valence-electron chi connectivity index (χ0n) is 14.3. The number of amides is 1. The molecule has 0 saturated carbocycles. The molecule has 3 aromatic rings. The molecule has 0 N–H and O–H groups in total. The number of carbonyl (C=O) groups excluding carboxylic acids is 1. The van der Waals surface area contributed by atoms with Gasteiger partial charge < -0.3 is 14.4 Å². The SMILES string of the molecule is COC(=O)N1CC(c2cnn3cc(-c4cnn(C)c4)cc(OC)c23)C1. The van der Waals surface area contributed by atoms with E-state index < -0.39 is 0 Å². The van der Waals surface area contributed by atoms with Gasteiger partial charge in [0.05, 0.1) is 26.6 Å². The van der Waals surface area contributed by atoms with Crippen molar-refractivity contribution in [2.75, 3.05) is 27.3 Å². The Morgan fingerprint density at radius 2 is 1.96 bits per heavy atom. The van der Waals surface area contributed by atoms with Gasteiger partial charge in [-0.2, -0.15) is 10.2 Å². The van der Waals surface area contributed by atoms with Crippen molar-refractivity contribution in [2.45, 2.75) is 5.92 Å². The van der Waals surface area contributed by atoms with E-state index in [1.54, 1.807) is 16.7 Å². The van der Waals surface area contributed by atoms with Crippen molar-refractivity contribution in [2.24, 2.45) is 7.05 Å². The topological polar surface area (TPSA) is 73.9 Å². The highest BCUT2D eigenvalue weighted by molar-refractivity contribution is 5.74. The molecule has 8 heteroatoms. The van der Waals surface area contributed by atoms with Crippen LogP contribution in [-0.4, -0.2) is 57.7 Å². The summed E-state index contributed by atoms with van der Waals surface area (Å²) in [4.78, 5) is 13.2. The quantitative estimate of drug-likeness (QED) is 0.727. The lowest BCUT2D eigenvalue weighted by Gasteiger charge is -2.37. The first kappa shape index (κ1) is 15.5. The van der Waals surface area contributed by atoms with E-state index in [-0.39, 0.29) is 12.0 Å². The van der Waals surface area contributed by atoms with Crippen molar-refractivity contribution in [1.29, 1.82) is 0 Å². The minimum atomic E-state index is -0.293. The van der Waals surface area contributed by atoms with Crippen molar-refractivity contribution in [3.05, 3.63) is 36.4 Å². The Morgan fingerprint density at radius 1 is 1.16 bits per heavy atom. The first-order valence-electron chi connectivity index (χ1n) is 7.98. The van der Waals surface area contributed by atoms with Crippen molar-refractivity contribution in [3.63, 3.8) is 0 Å². The molecule has 0 aliphatic carbocycles. The van der Waals surface area contributed by atoms with Crippen molar-refractivity contribution < 1.29 is 14.3 Å². The lowest BCUT2D eigenvalue weighted by molar-refractivity contribution is 0.0883. The van der Waals surface area contributed by atoms with Crippen LogP contribution in [0.2, 0.25) is 0 Å². The summed E-state index contributed by atoms with van der Waals surface area (Å²) < 4.78 is 14.0. The molecule has 1 aliphatic rings. The standard InChI is InChI=1S/C17H19N5O3/c1-20-7-12(5-18-20)11-4-15(24-2)16-14(6-19-22(16)10-11)13-8-21(9-13)17(23)25-3/h4-7,10,13H,8-9H2,1-3H3. The molecule has 0 atom stereocenters. The highest BCUT2D eigenvalue weighted by atomic mass is 16.5. The molecule has 0 unspecified atom stereocenters. The third-order valence-electron chi connectivity index (χ3n) is 4.62. The molecule has 4 rings (SSSR count). The van der Waals surface area contributed by atoms with Crippen molar-refractivity contribution in [3.8, 4) is 16.9 Å². The average Bonchev–Trinajstić information content (AvgIpc) is 3.19. The minimum Gasteiger partial charge on any atom is -0.494 e. The average molecular weight is 341 g/mol. The molecule has 1 aliphatic heterocycles. The molecule has 1 amide bonds. The van der Waals surface area contributed by atoms with Gasteiger partial charge in [0, 0.05) is 55.1 Å². The van der Waals surface area contributed by atoms with Gasteiger partial charge in [-0.1, -0.05) is 0 Å². The van der Waals surface area contributed by atoms with Crippen LogP contribution in [0.1, 0.15) is 11.5 Å². The highest BCUT2D eigenvalue weighted by Gasteiger charge is 2.34. The molecule has 0 spiro atoms. The Kier molecular flexibility index (Phi) is 3.60. The molecule has 1 saturated heterocycles. The number of rotatable bonds is 3. The largest absolute Gasteiger partial charge is 0.494 e. The second kappa shape index (κ2) is 5.80. The molecule has 3 aromatic heterocycles.